The molecule has 4 nitrogen and oxygen atoms in total. The second-order valence-electron chi connectivity index (χ2n) is 5.17. The van der Waals surface area contributed by atoms with Gasteiger partial charge in [-0.3, -0.25) is 4.79 Å². The highest BCUT2D eigenvalue weighted by molar-refractivity contribution is 9.10. The highest BCUT2D eigenvalue weighted by Crippen LogP contribution is 2.20. The maximum atomic E-state index is 12.0. The van der Waals surface area contributed by atoms with Gasteiger partial charge in [0.05, 0.1) is 0 Å². The first-order valence-electron chi connectivity index (χ1n) is 7.08. The number of furan rings is 1. The van der Waals surface area contributed by atoms with Crippen molar-refractivity contribution in [3.8, 4) is 0 Å². The summed E-state index contributed by atoms with van der Waals surface area (Å²) in [5, 5.41) is 3.04. The van der Waals surface area contributed by atoms with Gasteiger partial charge < -0.3 is 14.6 Å². The number of rotatable bonds is 3. The van der Waals surface area contributed by atoms with E-state index in [-0.39, 0.29) is 11.9 Å². The molecule has 0 spiro atoms. The summed E-state index contributed by atoms with van der Waals surface area (Å²) < 4.78 is 5.85. The van der Waals surface area contributed by atoms with Gasteiger partial charge in [-0.15, -0.1) is 0 Å². The van der Waals surface area contributed by atoms with Crippen LogP contribution in [0.1, 0.15) is 23.4 Å². The SMILES string of the molecule is O=C(NC1CCN(c2ccccc2)CC1)c1ccc(Br)o1. The molecule has 1 saturated heterocycles. The van der Waals surface area contributed by atoms with E-state index in [0.29, 0.717) is 10.4 Å². The van der Waals surface area contributed by atoms with E-state index in [1.807, 2.05) is 6.07 Å². The molecule has 1 aliphatic heterocycles. The molecule has 0 atom stereocenters. The van der Waals surface area contributed by atoms with Crippen molar-refractivity contribution in [1.82, 2.24) is 5.32 Å². The van der Waals surface area contributed by atoms with Gasteiger partial charge in [-0.25, -0.2) is 0 Å². The van der Waals surface area contributed by atoms with E-state index in [9.17, 15) is 4.79 Å². The summed E-state index contributed by atoms with van der Waals surface area (Å²) in [6.45, 7) is 1.91. The molecule has 1 amide bonds. The van der Waals surface area contributed by atoms with E-state index in [4.69, 9.17) is 4.42 Å². The number of para-hydroxylation sites is 1. The number of hydrogen-bond donors (Lipinski definition) is 1. The fourth-order valence-electron chi connectivity index (χ4n) is 2.61. The molecule has 0 bridgehead atoms. The number of nitrogens with one attached hydrogen (secondary N) is 1. The van der Waals surface area contributed by atoms with Gasteiger partial charge in [0.1, 0.15) is 0 Å². The van der Waals surface area contributed by atoms with Gasteiger partial charge in [0.15, 0.2) is 10.4 Å². The van der Waals surface area contributed by atoms with Crippen molar-refractivity contribution in [2.24, 2.45) is 0 Å². The van der Waals surface area contributed by atoms with Crippen LogP contribution in [0.5, 0.6) is 0 Å². The predicted molar refractivity (Wildman–Crippen MR) is 85.6 cm³/mol. The average molecular weight is 349 g/mol. The van der Waals surface area contributed by atoms with Crippen molar-refractivity contribution in [2.45, 2.75) is 18.9 Å². The lowest BCUT2D eigenvalue weighted by Gasteiger charge is -2.33. The second-order valence-corrected chi connectivity index (χ2v) is 5.96. The third-order valence-electron chi connectivity index (χ3n) is 3.75. The molecule has 5 heteroatoms. The Balaban J connectivity index is 1.53. The first-order chi connectivity index (χ1) is 10.2. The molecule has 0 aliphatic carbocycles. The molecular formula is C16H17BrN2O2. The van der Waals surface area contributed by atoms with Crippen molar-refractivity contribution in [1.29, 1.82) is 0 Å². The Morgan fingerprint density at radius 1 is 1.14 bits per heavy atom. The zero-order chi connectivity index (χ0) is 14.7. The van der Waals surface area contributed by atoms with Crippen molar-refractivity contribution >= 4 is 27.5 Å². The van der Waals surface area contributed by atoms with Crippen LogP contribution in [-0.2, 0) is 0 Å². The van der Waals surface area contributed by atoms with Gasteiger partial charge in [-0.2, -0.15) is 0 Å². The third-order valence-corrected chi connectivity index (χ3v) is 4.17. The molecule has 1 aliphatic rings. The number of hydrogen-bond acceptors (Lipinski definition) is 3. The van der Waals surface area contributed by atoms with E-state index in [2.05, 4.69) is 50.4 Å². The Hall–Kier alpha value is -1.75. The van der Waals surface area contributed by atoms with Gasteiger partial charge in [0.25, 0.3) is 5.91 Å². The van der Waals surface area contributed by atoms with E-state index >= 15 is 0 Å². The van der Waals surface area contributed by atoms with Crippen LogP contribution in [0.2, 0.25) is 0 Å². The van der Waals surface area contributed by atoms with Crippen LogP contribution in [0.4, 0.5) is 5.69 Å². The van der Waals surface area contributed by atoms with Crippen molar-refractivity contribution < 1.29 is 9.21 Å². The third kappa shape index (κ3) is 3.47. The zero-order valence-corrected chi connectivity index (χ0v) is 13.2. The molecule has 1 fully saturated rings. The molecule has 2 heterocycles. The van der Waals surface area contributed by atoms with Gasteiger partial charge in [0.2, 0.25) is 0 Å². The highest BCUT2D eigenvalue weighted by atomic mass is 79.9. The molecular weight excluding hydrogens is 332 g/mol. The lowest BCUT2D eigenvalue weighted by molar-refractivity contribution is 0.0901. The predicted octanol–water partition coefficient (Wildman–Crippen LogP) is 3.44. The molecule has 2 aromatic rings. The minimum Gasteiger partial charge on any atom is -0.444 e. The minimum absolute atomic E-state index is 0.140. The maximum absolute atomic E-state index is 12.0. The normalized spacial score (nSPS) is 16.0. The molecule has 1 aromatic carbocycles. The number of halogens is 1. The lowest BCUT2D eigenvalue weighted by Crippen LogP contribution is -2.44. The van der Waals surface area contributed by atoms with E-state index < -0.39 is 0 Å². The van der Waals surface area contributed by atoms with Crippen LogP contribution in [0, 0.1) is 0 Å². The van der Waals surface area contributed by atoms with E-state index in [0.717, 1.165) is 25.9 Å². The summed E-state index contributed by atoms with van der Waals surface area (Å²) in [6.07, 6.45) is 1.89. The van der Waals surface area contributed by atoms with Gasteiger partial charge >= 0.3 is 0 Å². The summed E-state index contributed by atoms with van der Waals surface area (Å²) in [5.74, 6) is 0.214. The van der Waals surface area contributed by atoms with Gasteiger partial charge in [-0.05, 0) is 53.0 Å². The Morgan fingerprint density at radius 2 is 1.86 bits per heavy atom. The quantitative estimate of drug-likeness (QED) is 0.923. The first-order valence-corrected chi connectivity index (χ1v) is 7.88. The maximum Gasteiger partial charge on any atom is 0.287 e. The fourth-order valence-corrected chi connectivity index (χ4v) is 2.92. The topological polar surface area (TPSA) is 45.5 Å². The smallest absolute Gasteiger partial charge is 0.287 e. The fraction of sp³-hybridized carbons (Fsp3) is 0.312. The molecule has 1 aromatic heterocycles. The van der Waals surface area contributed by atoms with Gasteiger partial charge in [-0.1, -0.05) is 18.2 Å². The van der Waals surface area contributed by atoms with E-state index in [1.54, 1.807) is 12.1 Å². The monoisotopic (exact) mass is 348 g/mol. The molecule has 0 unspecified atom stereocenters. The van der Waals surface area contributed by atoms with Crippen LogP contribution < -0.4 is 10.2 Å². The number of benzene rings is 1. The largest absolute Gasteiger partial charge is 0.444 e. The van der Waals surface area contributed by atoms with E-state index in [1.165, 1.54) is 5.69 Å². The highest BCUT2D eigenvalue weighted by Gasteiger charge is 2.22. The molecule has 1 N–H and O–H groups in total. The Kier molecular flexibility index (Phi) is 4.29. The van der Waals surface area contributed by atoms with Crippen LogP contribution in [0.25, 0.3) is 0 Å². The molecule has 110 valence electrons. The van der Waals surface area contributed by atoms with Gasteiger partial charge in [0, 0.05) is 24.8 Å². The number of nitrogens with zero attached hydrogens (tertiary/aromatic N) is 1. The molecule has 0 radical (unpaired) electrons. The summed E-state index contributed by atoms with van der Waals surface area (Å²) in [5.41, 5.74) is 1.25. The molecule has 21 heavy (non-hydrogen) atoms. The average Bonchev–Trinajstić information content (AvgIpc) is 2.96. The Bertz CT molecular complexity index is 604. The summed E-state index contributed by atoms with van der Waals surface area (Å²) in [7, 11) is 0. The minimum atomic E-state index is -0.140. The lowest BCUT2D eigenvalue weighted by atomic mass is 10.0. The number of carbonyl (C=O) groups is 1. The molecule has 3 rings (SSSR count). The van der Waals surface area contributed by atoms with Crippen LogP contribution >= 0.6 is 15.9 Å². The van der Waals surface area contributed by atoms with Crippen molar-refractivity contribution in [3.05, 3.63) is 52.9 Å². The Morgan fingerprint density at radius 3 is 2.48 bits per heavy atom. The van der Waals surface area contributed by atoms with Crippen LogP contribution in [-0.4, -0.2) is 25.0 Å². The summed E-state index contributed by atoms with van der Waals surface area (Å²) >= 11 is 3.21. The second kappa shape index (κ2) is 6.35. The van der Waals surface area contributed by atoms with Crippen LogP contribution in [0.3, 0.4) is 0 Å². The van der Waals surface area contributed by atoms with Crippen LogP contribution in [0.15, 0.2) is 51.6 Å². The standard InChI is InChI=1S/C16H17BrN2O2/c17-15-7-6-14(21-15)16(20)18-12-8-10-19(11-9-12)13-4-2-1-3-5-13/h1-7,12H,8-11H2,(H,18,20). The number of carbonyl (C=O) groups excluding carboxylic acids is 1. The summed E-state index contributed by atoms with van der Waals surface area (Å²) in [6, 6.07) is 14.0. The number of amides is 1. The number of piperidine rings is 1. The zero-order valence-electron chi connectivity index (χ0n) is 11.6. The first kappa shape index (κ1) is 14.2. The Labute approximate surface area is 132 Å². The van der Waals surface area contributed by atoms with Crippen molar-refractivity contribution in [2.75, 3.05) is 18.0 Å². The number of anilines is 1. The molecule has 0 saturated carbocycles. The summed E-state index contributed by atoms with van der Waals surface area (Å²) in [4.78, 5) is 14.4. The van der Waals surface area contributed by atoms with Crippen molar-refractivity contribution in [3.63, 3.8) is 0 Å².